The minimum absolute atomic E-state index is 0.235. The van der Waals surface area contributed by atoms with Crippen LogP contribution in [-0.2, 0) is 6.18 Å². The molecule has 2 saturated heterocycles. The normalized spacial score (nSPS) is 21.8. The molecule has 0 unspecified atom stereocenters. The number of benzene rings is 1. The van der Waals surface area contributed by atoms with Crippen molar-refractivity contribution in [3.05, 3.63) is 29.8 Å². The highest BCUT2D eigenvalue weighted by Crippen LogP contribution is 2.31. The third-order valence-electron chi connectivity index (χ3n) is 5.20. The highest BCUT2D eigenvalue weighted by molar-refractivity contribution is 5.48. The molecule has 0 amide bonds. The number of likely N-dealkylation sites (tertiary alicyclic amines) is 1. The number of piperazine rings is 1. The quantitative estimate of drug-likeness (QED) is 0.817. The molecule has 2 aliphatic heterocycles. The average Bonchev–Trinajstić information content (AvgIpc) is 2.44. The molecule has 3 rings (SSSR count). The van der Waals surface area contributed by atoms with Gasteiger partial charge in [-0.25, -0.2) is 0 Å². The molecule has 2 aliphatic rings. The van der Waals surface area contributed by atoms with E-state index in [0.717, 1.165) is 45.0 Å². The Labute approximate surface area is 142 Å². The fraction of sp³-hybridized carbons (Fsp3) is 0.667. The van der Waals surface area contributed by atoms with Crippen LogP contribution in [0.1, 0.15) is 26.3 Å². The van der Waals surface area contributed by atoms with Crippen molar-refractivity contribution in [2.75, 3.05) is 44.2 Å². The lowest BCUT2D eigenvalue weighted by Gasteiger charge is -2.53. The van der Waals surface area contributed by atoms with Crippen molar-refractivity contribution in [1.29, 1.82) is 0 Å². The zero-order chi connectivity index (χ0) is 17.5. The first-order valence-corrected chi connectivity index (χ1v) is 8.56. The van der Waals surface area contributed by atoms with E-state index in [1.807, 2.05) is 0 Å². The van der Waals surface area contributed by atoms with Crippen molar-refractivity contribution in [2.24, 2.45) is 0 Å². The minimum atomic E-state index is -4.26. The highest BCUT2D eigenvalue weighted by Gasteiger charge is 2.38. The molecule has 2 fully saturated rings. The van der Waals surface area contributed by atoms with Gasteiger partial charge in [-0.05, 0) is 45.0 Å². The van der Waals surface area contributed by atoms with E-state index in [2.05, 4.69) is 35.5 Å². The van der Waals surface area contributed by atoms with E-state index in [1.54, 1.807) is 12.1 Å². The van der Waals surface area contributed by atoms with Crippen LogP contribution in [0, 0.1) is 0 Å². The first-order chi connectivity index (χ1) is 11.1. The Bertz CT molecular complexity index is 548. The third kappa shape index (κ3) is 3.70. The predicted octanol–water partition coefficient (Wildman–Crippen LogP) is 3.31. The number of alkyl halides is 3. The summed E-state index contributed by atoms with van der Waals surface area (Å²) in [7, 11) is 0. The molecule has 0 N–H and O–H groups in total. The zero-order valence-electron chi connectivity index (χ0n) is 14.6. The summed E-state index contributed by atoms with van der Waals surface area (Å²) < 4.78 is 37.9. The lowest BCUT2D eigenvalue weighted by Crippen LogP contribution is -2.66. The van der Waals surface area contributed by atoms with Crippen LogP contribution in [0.5, 0.6) is 0 Å². The van der Waals surface area contributed by atoms with Gasteiger partial charge < -0.3 is 4.90 Å². The summed E-state index contributed by atoms with van der Waals surface area (Å²) in [6.45, 7) is 12.7. The molecular weight excluding hydrogens is 315 g/mol. The molecule has 24 heavy (non-hydrogen) atoms. The van der Waals surface area contributed by atoms with E-state index >= 15 is 0 Å². The second-order valence-corrected chi connectivity index (χ2v) is 7.80. The molecule has 134 valence electrons. The van der Waals surface area contributed by atoms with Gasteiger partial charge in [0.25, 0.3) is 0 Å². The van der Waals surface area contributed by atoms with Gasteiger partial charge in [-0.1, -0.05) is 0 Å². The number of nitrogens with zero attached hydrogens (tertiary/aromatic N) is 3. The van der Waals surface area contributed by atoms with Crippen LogP contribution in [0.15, 0.2) is 24.3 Å². The van der Waals surface area contributed by atoms with Crippen LogP contribution in [-0.4, -0.2) is 60.6 Å². The van der Waals surface area contributed by atoms with Gasteiger partial charge in [0.1, 0.15) is 0 Å². The van der Waals surface area contributed by atoms with E-state index in [0.29, 0.717) is 6.04 Å². The van der Waals surface area contributed by atoms with Crippen molar-refractivity contribution < 1.29 is 13.2 Å². The Kier molecular flexibility index (Phi) is 4.55. The fourth-order valence-corrected chi connectivity index (χ4v) is 3.44. The molecule has 0 atom stereocenters. The van der Waals surface area contributed by atoms with Crippen LogP contribution in [0.3, 0.4) is 0 Å². The summed E-state index contributed by atoms with van der Waals surface area (Å²) in [5.41, 5.74) is 0.535. The lowest BCUT2D eigenvalue weighted by molar-refractivity contribution is -0.137. The fourth-order valence-electron chi connectivity index (χ4n) is 3.44. The van der Waals surface area contributed by atoms with Crippen LogP contribution in [0.25, 0.3) is 0 Å². The maximum atomic E-state index is 12.6. The van der Waals surface area contributed by atoms with Crippen molar-refractivity contribution in [3.8, 4) is 0 Å². The SMILES string of the molecule is CC(C)(C)N1CC(N2CCN(c3ccc(C(F)(F)F)cc3)CC2)C1. The minimum Gasteiger partial charge on any atom is -0.369 e. The molecule has 6 heteroatoms. The van der Waals surface area contributed by atoms with Gasteiger partial charge >= 0.3 is 6.18 Å². The van der Waals surface area contributed by atoms with Crippen LogP contribution in [0.4, 0.5) is 18.9 Å². The van der Waals surface area contributed by atoms with E-state index in [-0.39, 0.29) is 5.54 Å². The summed E-state index contributed by atoms with van der Waals surface area (Å²) in [6.07, 6.45) is -4.26. The third-order valence-corrected chi connectivity index (χ3v) is 5.20. The highest BCUT2D eigenvalue weighted by atomic mass is 19.4. The molecule has 3 nitrogen and oxygen atoms in total. The zero-order valence-corrected chi connectivity index (χ0v) is 14.6. The van der Waals surface area contributed by atoms with Gasteiger partial charge in [0.15, 0.2) is 0 Å². The number of hydrogen-bond donors (Lipinski definition) is 0. The summed E-state index contributed by atoms with van der Waals surface area (Å²) in [5, 5.41) is 0. The largest absolute Gasteiger partial charge is 0.416 e. The molecule has 0 spiro atoms. The standard InChI is InChI=1S/C18H26F3N3/c1-17(2,3)24-12-16(13-24)23-10-8-22(9-11-23)15-6-4-14(5-7-15)18(19,20)21/h4-7,16H,8-13H2,1-3H3. The Balaban J connectivity index is 1.51. The first-order valence-electron chi connectivity index (χ1n) is 8.56. The summed E-state index contributed by atoms with van der Waals surface area (Å²) in [4.78, 5) is 7.18. The number of halogens is 3. The van der Waals surface area contributed by atoms with E-state index in [1.165, 1.54) is 12.1 Å². The number of hydrogen-bond acceptors (Lipinski definition) is 3. The molecule has 0 aromatic heterocycles. The molecule has 1 aromatic rings. The molecule has 1 aromatic carbocycles. The molecule has 0 bridgehead atoms. The number of anilines is 1. The topological polar surface area (TPSA) is 9.72 Å². The van der Waals surface area contributed by atoms with E-state index in [9.17, 15) is 13.2 Å². The second kappa shape index (κ2) is 6.23. The van der Waals surface area contributed by atoms with Crippen LogP contribution >= 0.6 is 0 Å². The Morgan fingerprint density at radius 2 is 1.42 bits per heavy atom. The van der Waals surface area contributed by atoms with Gasteiger partial charge in [0.2, 0.25) is 0 Å². The Hall–Kier alpha value is -1.27. The van der Waals surface area contributed by atoms with Crippen LogP contribution in [0.2, 0.25) is 0 Å². The van der Waals surface area contributed by atoms with Crippen molar-refractivity contribution in [3.63, 3.8) is 0 Å². The van der Waals surface area contributed by atoms with Crippen LogP contribution < -0.4 is 4.90 Å². The van der Waals surface area contributed by atoms with Crippen molar-refractivity contribution in [2.45, 2.75) is 38.5 Å². The van der Waals surface area contributed by atoms with Gasteiger partial charge in [0.05, 0.1) is 5.56 Å². The first kappa shape index (κ1) is 17.5. The van der Waals surface area contributed by atoms with Crippen molar-refractivity contribution in [1.82, 2.24) is 9.80 Å². The maximum Gasteiger partial charge on any atom is 0.416 e. The molecule has 0 saturated carbocycles. The number of rotatable bonds is 2. The van der Waals surface area contributed by atoms with Gasteiger partial charge in [0, 0.05) is 56.5 Å². The summed E-state index contributed by atoms with van der Waals surface area (Å²) in [5.74, 6) is 0. The lowest BCUT2D eigenvalue weighted by atomic mass is 9.96. The van der Waals surface area contributed by atoms with Gasteiger partial charge in [-0.2, -0.15) is 13.2 Å². The summed E-state index contributed by atoms with van der Waals surface area (Å²) >= 11 is 0. The Morgan fingerprint density at radius 3 is 1.88 bits per heavy atom. The monoisotopic (exact) mass is 341 g/mol. The Morgan fingerprint density at radius 1 is 0.875 bits per heavy atom. The summed E-state index contributed by atoms with van der Waals surface area (Å²) in [6, 6.07) is 6.15. The predicted molar refractivity (Wildman–Crippen MR) is 90.3 cm³/mol. The second-order valence-electron chi connectivity index (χ2n) is 7.80. The molecular formula is C18H26F3N3. The molecule has 0 aliphatic carbocycles. The molecule has 0 radical (unpaired) electrons. The van der Waals surface area contributed by atoms with Gasteiger partial charge in [-0.3, -0.25) is 9.80 Å². The molecule has 2 heterocycles. The van der Waals surface area contributed by atoms with Crippen molar-refractivity contribution >= 4 is 5.69 Å². The maximum absolute atomic E-state index is 12.6. The smallest absolute Gasteiger partial charge is 0.369 e. The van der Waals surface area contributed by atoms with Gasteiger partial charge in [-0.15, -0.1) is 0 Å². The van der Waals surface area contributed by atoms with E-state index in [4.69, 9.17) is 0 Å². The van der Waals surface area contributed by atoms with E-state index < -0.39 is 11.7 Å². The average molecular weight is 341 g/mol.